The summed E-state index contributed by atoms with van der Waals surface area (Å²) in [7, 11) is 6.86. The quantitative estimate of drug-likeness (QED) is 0.0406. The molecule has 0 aliphatic carbocycles. The van der Waals surface area contributed by atoms with Crippen molar-refractivity contribution < 1.29 is 18.7 Å². The lowest BCUT2D eigenvalue weighted by molar-refractivity contribution is -0.926. The van der Waals surface area contributed by atoms with Crippen molar-refractivity contribution in [3.63, 3.8) is 0 Å². The first kappa shape index (κ1) is 42.6. The van der Waals surface area contributed by atoms with Crippen LogP contribution in [-0.4, -0.2) is 70.8 Å². The van der Waals surface area contributed by atoms with E-state index >= 15 is 0 Å². The van der Waals surface area contributed by atoms with Crippen LogP contribution in [0.25, 0.3) is 0 Å². The van der Waals surface area contributed by atoms with E-state index in [1.165, 1.54) is 135 Å². The minimum absolute atomic E-state index is 0.174. The molecule has 258 valence electrons. The van der Waals surface area contributed by atoms with E-state index in [0.29, 0.717) is 19.8 Å². The molecule has 4 heteroatoms. The highest BCUT2D eigenvalue weighted by Gasteiger charge is 2.44. The van der Waals surface area contributed by atoms with Crippen molar-refractivity contribution >= 4 is 0 Å². The van der Waals surface area contributed by atoms with Gasteiger partial charge in [-0.15, -0.1) is 0 Å². The van der Waals surface area contributed by atoms with Crippen molar-refractivity contribution in [2.75, 3.05) is 60.8 Å². The summed E-state index contributed by atoms with van der Waals surface area (Å²) in [4.78, 5) is 0. The molecular formula is C39H80NO3+. The van der Waals surface area contributed by atoms with Gasteiger partial charge in [0, 0.05) is 19.8 Å². The van der Waals surface area contributed by atoms with Crippen molar-refractivity contribution in [2.45, 2.75) is 180 Å². The van der Waals surface area contributed by atoms with Crippen LogP contribution in [0.3, 0.4) is 0 Å². The maximum absolute atomic E-state index is 6.40. The fourth-order valence-corrected chi connectivity index (χ4v) is 5.55. The van der Waals surface area contributed by atoms with E-state index in [4.69, 9.17) is 14.2 Å². The molecule has 0 heterocycles. The van der Waals surface area contributed by atoms with Gasteiger partial charge in [-0.05, 0) is 38.5 Å². The van der Waals surface area contributed by atoms with Gasteiger partial charge in [-0.3, -0.25) is 0 Å². The normalized spacial score (nSPS) is 12.6. The Morgan fingerprint density at radius 1 is 0.395 bits per heavy atom. The van der Waals surface area contributed by atoms with Gasteiger partial charge in [-0.2, -0.15) is 0 Å². The lowest BCUT2D eigenvalue weighted by Crippen LogP contribution is -2.65. The summed E-state index contributed by atoms with van der Waals surface area (Å²) in [6.07, 6.45) is 36.1. The first-order chi connectivity index (χ1) is 20.9. The van der Waals surface area contributed by atoms with Crippen LogP contribution < -0.4 is 0 Å². The number of likely N-dealkylation sites (N-methyl/N-ethyl adjacent to an activating group) is 1. The number of rotatable bonds is 35. The molecule has 0 saturated heterocycles. The predicted molar refractivity (Wildman–Crippen MR) is 190 cm³/mol. The molecule has 4 nitrogen and oxygen atoms in total. The molecule has 0 spiro atoms. The molecule has 0 aliphatic rings. The number of hydrogen-bond donors (Lipinski definition) is 0. The highest BCUT2D eigenvalue weighted by molar-refractivity contribution is 4.82. The predicted octanol–water partition coefficient (Wildman–Crippen LogP) is 11.5. The Morgan fingerprint density at radius 3 is 1.05 bits per heavy atom. The number of allylic oxidation sites excluding steroid dienone is 2. The zero-order chi connectivity index (χ0) is 31.7. The standard InChI is InChI=1S/C39H80NO3/c1-7-10-13-16-19-20-21-22-23-26-29-32-35-43-38-39(40(4,5)6,36-41-33-30-27-24-17-14-11-8-2)37-42-34-31-28-25-18-15-12-9-3/h16,19H,7-15,17-18,20-38H2,1-6H3/q+1/b19-16-. The van der Waals surface area contributed by atoms with Gasteiger partial charge in [0.15, 0.2) is 5.54 Å². The van der Waals surface area contributed by atoms with Gasteiger partial charge in [0.05, 0.1) is 21.1 Å². The summed E-state index contributed by atoms with van der Waals surface area (Å²) in [6.45, 7) is 11.5. The monoisotopic (exact) mass is 611 g/mol. The SMILES string of the molecule is CCCC/C=C\CCCCCCCCOCC(COCCCCCCCCC)(COCCCCCCCCC)[N+](C)(C)C. The Balaban J connectivity index is 4.50. The molecule has 0 aromatic carbocycles. The van der Waals surface area contributed by atoms with Crippen molar-refractivity contribution in [1.82, 2.24) is 0 Å². The first-order valence-corrected chi connectivity index (χ1v) is 19.1. The minimum Gasteiger partial charge on any atom is -0.375 e. The van der Waals surface area contributed by atoms with Gasteiger partial charge in [-0.25, -0.2) is 0 Å². The molecule has 0 saturated carbocycles. The van der Waals surface area contributed by atoms with E-state index in [-0.39, 0.29) is 5.54 Å². The summed E-state index contributed by atoms with van der Waals surface area (Å²) in [5, 5.41) is 0. The fourth-order valence-electron chi connectivity index (χ4n) is 5.55. The second kappa shape index (κ2) is 31.6. The number of nitrogens with zero attached hydrogens (tertiary/aromatic N) is 1. The third-order valence-corrected chi connectivity index (χ3v) is 9.12. The smallest absolute Gasteiger partial charge is 0.169 e. The first-order valence-electron chi connectivity index (χ1n) is 19.1. The maximum Gasteiger partial charge on any atom is 0.169 e. The van der Waals surface area contributed by atoms with Crippen LogP contribution in [0, 0.1) is 0 Å². The Kier molecular flexibility index (Phi) is 31.2. The summed E-state index contributed by atoms with van der Waals surface area (Å²) >= 11 is 0. The van der Waals surface area contributed by atoms with Gasteiger partial charge >= 0.3 is 0 Å². The molecule has 0 fully saturated rings. The number of ether oxygens (including phenoxy) is 3. The highest BCUT2D eigenvalue weighted by atomic mass is 16.5. The minimum atomic E-state index is -0.174. The Labute approximate surface area is 271 Å². The summed E-state index contributed by atoms with van der Waals surface area (Å²) in [5.41, 5.74) is -0.174. The molecular weight excluding hydrogens is 530 g/mol. The van der Waals surface area contributed by atoms with Crippen LogP contribution in [0.15, 0.2) is 12.2 Å². The average molecular weight is 611 g/mol. The van der Waals surface area contributed by atoms with Gasteiger partial charge in [0.25, 0.3) is 0 Å². The second-order valence-corrected chi connectivity index (χ2v) is 14.2. The molecule has 0 aromatic rings. The molecule has 0 aliphatic heterocycles. The van der Waals surface area contributed by atoms with Crippen LogP contribution in [0.4, 0.5) is 0 Å². The number of hydrogen-bond acceptors (Lipinski definition) is 3. The largest absolute Gasteiger partial charge is 0.375 e. The van der Waals surface area contributed by atoms with E-state index in [2.05, 4.69) is 54.1 Å². The summed E-state index contributed by atoms with van der Waals surface area (Å²) in [6, 6.07) is 0. The van der Waals surface area contributed by atoms with Crippen LogP contribution in [0.5, 0.6) is 0 Å². The van der Waals surface area contributed by atoms with Crippen molar-refractivity contribution in [3.8, 4) is 0 Å². The number of unbranched alkanes of at least 4 members (excludes halogenated alkanes) is 20. The molecule has 0 rings (SSSR count). The van der Waals surface area contributed by atoms with E-state index in [0.717, 1.165) is 43.6 Å². The molecule has 0 unspecified atom stereocenters. The molecule has 0 N–H and O–H groups in total. The third-order valence-electron chi connectivity index (χ3n) is 9.12. The lowest BCUT2D eigenvalue weighted by Gasteiger charge is -2.45. The Bertz CT molecular complexity index is 549. The van der Waals surface area contributed by atoms with E-state index in [1.54, 1.807) is 0 Å². The molecule has 0 amide bonds. The molecule has 0 radical (unpaired) electrons. The van der Waals surface area contributed by atoms with Gasteiger partial charge in [-0.1, -0.05) is 148 Å². The topological polar surface area (TPSA) is 27.7 Å². The Hall–Kier alpha value is -0.420. The zero-order valence-corrected chi connectivity index (χ0v) is 30.5. The van der Waals surface area contributed by atoms with Crippen molar-refractivity contribution in [2.24, 2.45) is 0 Å². The average Bonchev–Trinajstić information content (AvgIpc) is 2.98. The van der Waals surface area contributed by atoms with E-state index in [1.807, 2.05) is 0 Å². The molecule has 0 aromatic heterocycles. The lowest BCUT2D eigenvalue weighted by atomic mass is 9.98. The van der Waals surface area contributed by atoms with Crippen molar-refractivity contribution in [1.29, 1.82) is 0 Å². The molecule has 43 heavy (non-hydrogen) atoms. The van der Waals surface area contributed by atoms with Crippen LogP contribution >= 0.6 is 0 Å². The fraction of sp³-hybridized carbons (Fsp3) is 0.949. The van der Waals surface area contributed by atoms with Gasteiger partial charge in [0.1, 0.15) is 19.8 Å². The van der Waals surface area contributed by atoms with Crippen LogP contribution in [0.2, 0.25) is 0 Å². The summed E-state index contributed by atoms with van der Waals surface area (Å²) in [5.74, 6) is 0. The second-order valence-electron chi connectivity index (χ2n) is 14.2. The van der Waals surface area contributed by atoms with Gasteiger partial charge < -0.3 is 18.7 Å². The molecule has 0 atom stereocenters. The van der Waals surface area contributed by atoms with E-state index in [9.17, 15) is 0 Å². The van der Waals surface area contributed by atoms with Crippen LogP contribution in [-0.2, 0) is 14.2 Å². The van der Waals surface area contributed by atoms with Crippen molar-refractivity contribution in [3.05, 3.63) is 12.2 Å². The number of quaternary nitrogens is 1. The zero-order valence-electron chi connectivity index (χ0n) is 30.5. The maximum atomic E-state index is 6.40. The molecule has 0 bridgehead atoms. The van der Waals surface area contributed by atoms with E-state index < -0.39 is 0 Å². The third kappa shape index (κ3) is 26.5. The van der Waals surface area contributed by atoms with Gasteiger partial charge in [0.2, 0.25) is 0 Å². The highest BCUT2D eigenvalue weighted by Crippen LogP contribution is 2.23. The van der Waals surface area contributed by atoms with Crippen LogP contribution in [0.1, 0.15) is 175 Å². The summed E-state index contributed by atoms with van der Waals surface area (Å²) < 4.78 is 19.9. The Morgan fingerprint density at radius 2 is 0.698 bits per heavy atom.